The molecule has 4 rings (SSSR count). The van der Waals surface area contributed by atoms with Gasteiger partial charge in [-0.2, -0.15) is 0 Å². The topological polar surface area (TPSA) is 77.4 Å². The normalized spacial score (nSPS) is 26.2. The van der Waals surface area contributed by atoms with Crippen LogP contribution in [0.25, 0.3) is 10.8 Å². The molecule has 0 amide bonds. The van der Waals surface area contributed by atoms with Crippen LogP contribution < -0.4 is 0 Å². The third-order valence-corrected chi connectivity index (χ3v) is 5.52. The van der Waals surface area contributed by atoms with Gasteiger partial charge in [-0.25, -0.2) is 0 Å². The molecule has 1 fully saturated rings. The highest BCUT2D eigenvalue weighted by Crippen LogP contribution is 2.26. The van der Waals surface area contributed by atoms with Crippen molar-refractivity contribution in [3.8, 4) is 0 Å². The van der Waals surface area contributed by atoms with Crippen molar-refractivity contribution < 1.29 is 29.2 Å². The highest BCUT2D eigenvalue weighted by atomic mass is 16.7. The van der Waals surface area contributed by atoms with E-state index < -0.39 is 30.7 Å². The van der Waals surface area contributed by atoms with Gasteiger partial charge in [0.2, 0.25) is 0 Å². The first kappa shape index (κ1) is 21.9. The van der Waals surface area contributed by atoms with E-state index in [1.807, 2.05) is 48.5 Å². The molecule has 1 aliphatic rings. The Morgan fingerprint density at radius 3 is 2.32 bits per heavy atom. The molecule has 1 aliphatic heterocycles. The Bertz CT molecular complexity index is 962. The molecule has 6 heteroatoms. The number of benzene rings is 3. The Balaban J connectivity index is 1.40. The summed E-state index contributed by atoms with van der Waals surface area (Å²) in [5.41, 5.74) is 2.01. The highest BCUT2D eigenvalue weighted by Gasteiger charge is 2.45. The van der Waals surface area contributed by atoms with Gasteiger partial charge in [0.25, 0.3) is 0 Å². The van der Waals surface area contributed by atoms with Gasteiger partial charge in [-0.15, -0.1) is 0 Å². The maximum Gasteiger partial charge on any atom is 0.186 e. The quantitative estimate of drug-likeness (QED) is 0.579. The van der Waals surface area contributed by atoms with Crippen molar-refractivity contribution in [1.29, 1.82) is 0 Å². The van der Waals surface area contributed by atoms with Crippen molar-refractivity contribution in [2.45, 2.75) is 43.9 Å². The summed E-state index contributed by atoms with van der Waals surface area (Å²) in [4.78, 5) is 0. The maximum absolute atomic E-state index is 10.6. The second kappa shape index (κ2) is 10.3. The molecule has 1 saturated heterocycles. The van der Waals surface area contributed by atoms with Crippen LogP contribution in [0.3, 0.4) is 0 Å². The van der Waals surface area contributed by atoms with Crippen LogP contribution in [-0.2, 0) is 32.2 Å². The molecule has 0 aliphatic carbocycles. The first-order valence-electron chi connectivity index (χ1n) is 10.4. The Kier molecular flexibility index (Phi) is 7.29. The number of aliphatic hydroxyl groups excluding tert-OH is 2. The van der Waals surface area contributed by atoms with Gasteiger partial charge >= 0.3 is 0 Å². The Hall–Kier alpha value is -2.32. The second-order valence-corrected chi connectivity index (χ2v) is 7.72. The first-order chi connectivity index (χ1) is 15.2. The number of hydrogen-bond acceptors (Lipinski definition) is 6. The number of aliphatic hydroxyl groups is 2. The lowest BCUT2D eigenvalue weighted by atomic mass is 9.99. The molecule has 6 nitrogen and oxygen atoms in total. The third kappa shape index (κ3) is 5.30. The number of fused-ring (bicyclic) bond motifs is 1. The van der Waals surface area contributed by atoms with Gasteiger partial charge in [-0.05, 0) is 28.0 Å². The van der Waals surface area contributed by atoms with E-state index in [1.165, 1.54) is 12.5 Å². The lowest BCUT2D eigenvalue weighted by Crippen LogP contribution is -2.60. The fourth-order valence-corrected chi connectivity index (χ4v) is 3.83. The van der Waals surface area contributed by atoms with Gasteiger partial charge in [0, 0.05) is 7.11 Å². The van der Waals surface area contributed by atoms with Crippen LogP contribution in [0.1, 0.15) is 11.1 Å². The van der Waals surface area contributed by atoms with Crippen molar-refractivity contribution >= 4 is 10.8 Å². The zero-order valence-electron chi connectivity index (χ0n) is 17.5. The molecule has 0 radical (unpaired) electrons. The molecule has 0 saturated carbocycles. The molecule has 5 atom stereocenters. The van der Waals surface area contributed by atoms with Crippen molar-refractivity contribution in [3.05, 3.63) is 83.9 Å². The predicted octanol–water partition coefficient (Wildman–Crippen LogP) is 3.03. The number of ether oxygens (including phenoxy) is 4. The molecule has 0 unspecified atom stereocenters. The monoisotopic (exact) mass is 424 g/mol. The van der Waals surface area contributed by atoms with E-state index in [0.29, 0.717) is 6.61 Å². The fraction of sp³-hybridized carbons (Fsp3) is 0.360. The summed E-state index contributed by atoms with van der Waals surface area (Å²) in [6.45, 7) is 0.875. The maximum atomic E-state index is 10.6. The predicted molar refractivity (Wildman–Crippen MR) is 116 cm³/mol. The first-order valence-corrected chi connectivity index (χ1v) is 10.4. The van der Waals surface area contributed by atoms with E-state index >= 15 is 0 Å². The van der Waals surface area contributed by atoms with E-state index in [-0.39, 0.29) is 13.2 Å². The Labute approximate surface area is 181 Å². The summed E-state index contributed by atoms with van der Waals surface area (Å²) >= 11 is 0. The molecule has 1 heterocycles. The standard InChI is InChI=1S/C25H28O6/c1-28-25-23(27)22(26)24(30-15-17-7-3-2-4-8-17)21(31-25)16-29-14-18-11-12-19-9-5-6-10-20(19)13-18/h2-13,21-27H,14-16H2,1H3/t21-,22-,23-,24-,25+/m1/s1. The fourth-order valence-electron chi connectivity index (χ4n) is 3.83. The zero-order valence-corrected chi connectivity index (χ0v) is 17.5. The van der Waals surface area contributed by atoms with Crippen LogP contribution in [0.2, 0.25) is 0 Å². The van der Waals surface area contributed by atoms with Crippen molar-refractivity contribution in [2.24, 2.45) is 0 Å². The van der Waals surface area contributed by atoms with Crippen molar-refractivity contribution in [2.75, 3.05) is 13.7 Å². The molecular formula is C25H28O6. The van der Waals surface area contributed by atoms with Crippen LogP contribution in [0.5, 0.6) is 0 Å². The molecule has 0 bridgehead atoms. The van der Waals surface area contributed by atoms with Gasteiger partial charge in [0.1, 0.15) is 24.4 Å². The molecule has 0 aromatic heterocycles. The summed E-state index contributed by atoms with van der Waals surface area (Å²) in [6, 6.07) is 24.0. The molecule has 164 valence electrons. The van der Waals surface area contributed by atoms with Gasteiger partial charge < -0.3 is 29.2 Å². The van der Waals surface area contributed by atoms with E-state index in [2.05, 4.69) is 24.3 Å². The minimum atomic E-state index is -1.21. The van der Waals surface area contributed by atoms with E-state index in [4.69, 9.17) is 18.9 Å². The highest BCUT2D eigenvalue weighted by molar-refractivity contribution is 5.82. The van der Waals surface area contributed by atoms with Crippen LogP contribution in [0, 0.1) is 0 Å². The lowest BCUT2D eigenvalue weighted by Gasteiger charge is -2.41. The zero-order chi connectivity index (χ0) is 21.6. The Morgan fingerprint density at radius 1 is 0.806 bits per heavy atom. The molecular weight excluding hydrogens is 396 g/mol. The third-order valence-electron chi connectivity index (χ3n) is 5.52. The summed E-state index contributed by atoms with van der Waals surface area (Å²) in [6.07, 6.45) is -4.65. The van der Waals surface area contributed by atoms with Crippen LogP contribution in [0.15, 0.2) is 72.8 Å². The van der Waals surface area contributed by atoms with Gasteiger partial charge in [0.15, 0.2) is 6.29 Å². The average Bonchev–Trinajstić information content (AvgIpc) is 2.81. The van der Waals surface area contributed by atoms with Gasteiger partial charge in [0.05, 0.1) is 19.8 Å². The summed E-state index contributed by atoms with van der Waals surface area (Å²) in [5.74, 6) is 0. The molecule has 2 N–H and O–H groups in total. The minimum Gasteiger partial charge on any atom is -0.387 e. The summed E-state index contributed by atoms with van der Waals surface area (Å²) in [5, 5.41) is 23.3. The van der Waals surface area contributed by atoms with Crippen LogP contribution in [-0.4, -0.2) is 54.6 Å². The van der Waals surface area contributed by atoms with Gasteiger partial charge in [-0.1, -0.05) is 66.7 Å². The average molecular weight is 424 g/mol. The van der Waals surface area contributed by atoms with Gasteiger partial charge in [-0.3, -0.25) is 0 Å². The molecule has 3 aromatic carbocycles. The molecule has 0 spiro atoms. The molecule has 31 heavy (non-hydrogen) atoms. The second-order valence-electron chi connectivity index (χ2n) is 7.72. The summed E-state index contributed by atoms with van der Waals surface area (Å²) < 4.78 is 22.9. The van der Waals surface area contributed by atoms with E-state index in [1.54, 1.807) is 0 Å². The smallest absolute Gasteiger partial charge is 0.186 e. The van der Waals surface area contributed by atoms with Crippen molar-refractivity contribution in [1.82, 2.24) is 0 Å². The largest absolute Gasteiger partial charge is 0.387 e. The van der Waals surface area contributed by atoms with Crippen molar-refractivity contribution in [3.63, 3.8) is 0 Å². The number of methoxy groups -OCH3 is 1. The Morgan fingerprint density at radius 2 is 1.55 bits per heavy atom. The van der Waals surface area contributed by atoms with Crippen LogP contribution >= 0.6 is 0 Å². The van der Waals surface area contributed by atoms with Crippen LogP contribution in [0.4, 0.5) is 0 Å². The molecule has 3 aromatic rings. The number of hydrogen-bond donors (Lipinski definition) is 2. The number of rotatable bonds is 8. The summed E-state index contributed by atoms with van der Waals surface area (Å²) in [7, 11) is 1.43. The van der Waals surface area contributed by atoms with E-state index in [9.17, 15) is 10.2 Å². The van der Waals surface area contributed by atoms with E-state index in [0.717, 1.165) is 16.5 Å². The SMILES string of the molecule is CO[C@H]1O[C@H](COCc2ccc3ccccc3c2)[C@@H](OCc2ccccc2)[C@H](O)[C@H]1O. The minimum absolute atomic E-state index is 0.190. The lowest BCUT2D eigenvalue weighted by molar-refractivity contribution is -0.305.